The topological polar surface area (TPSA) is 83.4 Å². The van der Waals surface area contributed by atoms with Crippen LogP contribution >= 0.6 is 0 Å². The van der Waals surface area contributed by atoms with Crippen molar-refractivity contribution in [2.45, 2.75) is 13.5 Å². The first-order valence-corrected chi connectivity index (χ1v) is 8.00. The standard InChI is InChI=1S/C20H21N3O3/c1-14-5-4-6-15(9-14)12-22-13-16(11-21)20(24)23-17-7-8-18(25-2)19(10-17)26-3/h4-10,13,22H,12H2,1-3H3,(H,23,24)/b16-13-. The number of carbonyl (C=O) groups excluding carboxylic acids is 1. The van der Waals surface area contributed by atoms with Crippen molar-refractivity contribution in [3.63, 3.8) is 0 Å². The number of ether oxygens (including phenoxy) is 2. The van der Waals surface area contributed by atoms with Crippen LogP contribution in [0, 0.1) is 18.3 Å². The van der Waals surface area contributed by atoms with Gasteiger partial charge in [0.05, 0.1) is 14.2 Å². The van der Waals surface area contributed by atoms with Crippen LogP contribution < -0.4 is 20.1 Å². The van der Waals surface area contributed by atoms with Crippen molar-refractivity contribution < 1.29 is 14.3 Å². The second kappa shape index (κ2) is 9.14. The first kappa shape index (κ1) is 18.9. The molecule has 0 spiro atoms. The highest BCUT2D eigenvalue weighted by Crippen LogP contribution is 2.29. The van der Waals surface area contributed by atoms with E-state index in [4.69, 9.17) is 9.47 Å². The van der Waals surface area contributed by atoms with Crippen LogP contribution in [0.1, 0.15) is 11.1 Å². The molecule has 0 fully saturated rings. The summed E-state index contributed by atoms with van der Waals surface area (Å²) in [7, 11) is 3.05. The third-order valence-corrected chi connectivity index (χ3v) is 3.64. The highest BCUT2D eigenvalue weighted by molar-refractivity contribution is 6.06. The van der Waals surface area contributed by atoms with E-state index in [-0.39, 0.29) is 5.57 Å². The largest absolute Gasteiger partial charge is 0.493 e. The monoisotopic (exact) mass is 351 g/mol. The average Bonchev–Trinajstić information content (AvgIpc) is 2.65. The molecule has 0 bridgehead atoms. The number of hydrogen-bond donors (Lipinski definition) is 2. The molecular weight excluding hydrogens is 330 g/mol. The fourth-order valence-corrected chi connectivity index (χ4v) is 2.35. The fourth-order valence-electron chi connectivity index (χ4n) is 2.35. The maximum atomic E-state index is 12.3. The van der Waals surface area contributed by atoms with Gasteiger partial charge in [-0.1, -0.05) is 29.8 Å². The number of benzene rings is 2. The Kier molecular flexibility index (Phi) is 6.63. The van der Waals surface area contributed by atoms with Gasteiger partial charge in [0.1, 0.15) is 11.6 Å². The predicted molar refractivity (Wildman–Crippen MR) is 99.9 cm³/mol. The van der Waals surface area contributed by atoms with Gasteiger partial charge >= 0.3 is 0 Å². The molecule has 0 atom stereocenters. The maximum Gasteiger partial charge on any atom is 0.267 e. The average molecular weight is 351 g/mol. The first-order valence-electron chi connectivity index (χ1n) is 8.00. The summed E-state index contributed by atoms with van der Waals surface area (Å²) < 4.78 is 10.4. The van der Waals surface area contributed by atoms with Gasteiger partial charge in [0.25, 0.3) is 5.91 Å². The molecule has 6 nitrogen and oxygen atoms in total. The maximum absolute atomic E-state index is 12.3. The molecule has 1 amide bonds. The number of carbonyl (C=O) groups is 1. The lowest BCUT2D eigenvalue weighted by atomic mass is 10.1. The van der Waals surface area contributed by atoms with Crippen LogP contribution in [0.4, 0.5) is 5.69 Å². The number of rotatable bonds is 7. The highest BCUT2D eigenvalue weighted by atomic mass is 16.5. The van der Waals surface area contributed by atoms with E-state index < -0.39 is 5.91 Å². The van der Waals surface area contributed by atoms with E-state index in [1.165, 1.54) is 20.4 Å². The van der Waals surface area contributed by atoms with E-state index in [0.717, 1.165) is 11.1 Å². The van der Waals surface area contributed by atoms with Crippen molar-refractivity contribution in [1.82, 2.24) is 5.32 Å². The summed E-state index contributed by atoms with van der Waals surface area (Å²) in [6.07, 6.45) is 1.42. The van der Waals surface area contributed by atoms with Crippen molar-refractivity contribution in [3.8, 4) is 17.6 Å². The number of nitriles is 1. The molecule has 26 heavy (non-hydrogen) atoms. The number of hydrogen-bond acceptors (Lipinski definition) is 5. The minimum Gasteiger partial charge on any atom is -0.493 e. The Balaban J connectivity index is 2.03. The lowest BCUT2D eigenvalue weighted by Gasteiger charge is -2.10. The van der Waals surface area contributed by atoms with E-state index in [0.29, 0.717) is 23.7 Å². The van der Waals surface area contributed by atoms with Gasteiger partial charge in [-0.15, -0.1) is 0 Å². The Labute approximate surface area is 153 Å². The molecule has 0 aliphatic carbocycles. The fraction of sp³-hybridized carbons (Fsp3) is 0.200. The Hall–Kier alpha value is -3.46. The molecule has 0 aliphatic heterocycles. The summed E-state index contributed by atoms with van der Waals surface area (Å²) in [5.41, 5.74) is 2.71. The SMILES string of the molecule is COc1ccc(NC(=O)/C(C#N)=C\NCc2cccc(C)c2)cc1OC. The molecule has 134 valence electrons. The van der Waals surface area contributed by atoms with Crippen molar-refractivity contribution in [2.24, 2.45) is 0 Å². The van der Waals surface area contributed by atoms with Crippen LogP contribution in [-0.2, 0) is 11.3 Å². The van der Waals surface area contributed by atoms with Gasteiger partial charge in [-0.05, 0) is 24.6 Å². The van der Waals surface area contributed by atoms with Gasteiger partial charge in [0.15, 0.2) is 11.5 Å². The van der Waals surface area contributed by atoms with Crippen LogP contribution in [0.25, 0.3) is 0 Å². The van der Waals surface area contributed by atoms with E-state index in [2.05, 4.69) is 10.6 Å². The van der Waals surface area contributed by atoms with Gasteiger partial charge in [-0.3, -0.25) is 4.79 Å². The number of nitrogens with one attached hydrogen (secondary N) is 2. The molecule has 0 radical (unpaired) electrons. The molecule has 0 heterocycles. The van der Waals surface area contributed by atoms with Crippen molar-refractivity contribution in [1.29, 1.82) is 5.26 Å². The van der Waals surface area contributed by atoms with Gasteiger partial charge < -0.3 is 20.1 Å². The minimum atomic E-state index is -0.503. The van der Waals surface area contributed by atoms with E-state index in [9.17, 15) is 10.1 Å². The van der Waals surface area contributed by atoms with Crippen LogP contribution in [0.2, 0.25) is 0 Å². The van der Waals surface area contributed by atoms with Gasteiger partial charge in [-0.25, -0.2) is 0 Å². The Morgan fingerprint density at radius 2 is 1.92 bits per heavy atom. The van der Waals surface area contributed by atoms with Crippen LogP contribution in [0.5, 0.6) is 11.5 Å². The summed E-state index contributed by atoms with van der Waals surface area (Å²) in [5.74, 6) is 0.545. The molecule has 2 rings (SSSR count). The van der Waals surface area contributed by atoms with E-state index in [1.807, 2.05) is 37.3 Å². The highest BCUT2D eigenvalue weighted by Gasteiger charge is 2.11. The predicted octanol–water partition coefficient (Wildman–Crippen LogP) is 3.15. The zero-order chi connectivity index (χ0) is 18.9. The summed E-state index contributed by atoms with van der Waals surface area (Å²) in [6, 6.07) is 14.9. The van der Waals surface area contributed by atoms with Gasteiger partial charge in [0, 0.05) is 24.5 Å². The quantitative estimate of drug-likeness (QED) is 0.591. The number of methoxy groups -OCH3 is 2. The smallest absolute Gasteiger partial charge is 0.267 e. The molecule has 0 saturated carbocycles. The molecule has 2 aromatic carbocycles. The molecule has 6 heteroatoms. The third-order valence-electron chi connectivity index (χ3n) is 3.64. The second-order valence-electron chi connectivity index (χ2n) is 5.56. The lowest BCUT2D eigenvalue weighted by molar-refractivity contribution is -0.112. The van der Waals surface area contributed by atoms with Gasteiger partial charge in [-0.2, -0.15) is 5.26 Å². The number of anilines is 1. The van der Waals surface area contributed by atoms with E-state index >= 15 is 0 Å². The summed E-state index contributed by atoms with van der Waals surface area (Å²) in [5, 5.41) is 14.9. The summed E-state index contributed by atoms with van der Waals surface area (Å²) >= 11 is 0. The Morgan fingerprint density at radius 1 is 1.15 bits per heavy atom. The van der Waals surface area contributed by atoms with Crippen LogP contribution in [0.3, 0.4) is 0 Å². The Morgan fingerprint density at radius 3 is 2.58 bits per heavy atom. The van der Waals surface area contributed by atoms with Crippen molar-refractivity contribution in [3.05, 3.63) is 65.4 Å². The third kappa shape index (κ3) is 5.02. The Bertz CT molecular complexity index is 854. The first-order chi connectivity index (χ1) is 12.6. The van der Waals surface area contributed by atoms with Crippen LogP contribution in [-0.4, -0.2) is 20.1 Å². The number of nitrogens with zero attached hydrogens (tertiary/aromatic N) is 1. The molecule has 2 N–H and O–H groups in total. The number of aryl methyl sites for hydroxylation is 1. The normalized spacial score (nSPS) is 10.6. The van der Waals surface area contributed by atoms with Crippen LogP contribution in [0.15, 0.2) is 54.2 Å². The minimum absolute atomic E-state index is 0.0209. The molecule has 0 unspecified atom stereocenters. The van der Waals surface area contributed by atoms with Crippen molar-refractivity contribution in [2.75, 3.05) is 19.5 Å². The molecule has 0 aromatic heterocycles. The second-order valence-corrected chi connectivity index (χ2v) is 5.56. The molecule has 2 aromatic rings. The zero-order valence-electron chi connectivity index (χ0n) is 15.0. The zero-order valence-corrected chi connectivity index (χ0v) is 15.0. The van der Waals surface area contributed by atoms with Crippen molar-refractivity contribution >= 4 is 11.6 Å². The molecule has 0 aliphatic rings. The lowest BCUT2D eigenvalue weighted by Crippen LogP contribution is -2.16. The summed E-state index contributed by atoms with van der Waals surface area (Å²) in [6.45, 7) is 2.53. The molecule has 0 saturated heterocycles. The molecular formula is C20H21N3O3. The number of amides is 1. The van der Waals surface area contributed by atoms with E-state index in [1.54, 1.807) is 18.2 Å². The van der Waals surface area contributed by atoms with Gasteiger partial charge in [0.2, 0.25) is 0 Å². The summed E-state index contributed by atoms with van der Waals surface area (Å²) in [4.78, 5) is 12.3.